The Labute approximate surface area is 246 Å². The van der Waals surface area contributed by atoms with Gasteiger partial charge >= 0.3 is 6.18 Å². The molecule has 0 bridgehead atoms. The number of halogens is 4. The van der Waals surface area contributed by atoms with E-state index in [4.69, 9.17) is 4.52 Å². The second-order valence-corrected chi connectivity index (χ2v) is 10.7. The minimum Gasteiger partial charge on any atom is -0.376 e. The summed E-state index contributed by atoms with van der Waals surface area (Å²) in [5, 5.41) is 10.4. The molecule has 0 spiro atoms. The molecule has 5 rings (SSSR count). The molecule has 1 amide bonds. The summed E-state index contributed by atoms with van der Waals surface area (Å²) in [6.07, 6.45) is 0.272. The third-order valence-corrected chi connectivity index (χ3v) is 7.56. The number of carbonyl (C=O) groups excluding carboxylic acids is 1. The number of benzene rings is 2. The van der Waals surface area contributed by atoms with E-state index in [0.717, 1.165) is 4.57 Å². The van der Waals surface area contributed by atoms with Crippen molar-refractivity contribution in [2.75, 3.05) is 25.5 Å². The molecule has 2 aromatic carbocycles. The molecule has 4 aromatic rings. The molecule has 43 heavy (non-hydrogen) atoms. The van der Waals surface area contributed by atoms with Crippen LogP contribution in [0.15, 0.2) is 83.9 Å². The van der Waals surface area contributed by atoms with Crippen molar-refractivity contribution in [1.29, 1.82) is 0 Å². The number of aromatic nitrogens is 3. The first-order valence-corrected chi connectivity index (χ1v) is 13.8. The van der Waals surface area contributed by atoms with E-state index in [2.05, 4.69) is 27.4 Å². The Morgan fingerprint density at radius 1 is 1.21 bits per heavy atom. The van der Waals surface area contributed by atoms with Crippen molar-refractivity contribution in [3.05, 3.63) is 90.8 Å². The van der Waals surface area contributed by atoms with E-state index in [-0.39, 0.29) is 41.9 Å². The molecule has 2 atom stereocenters. The second-order valence-electron chi connectivity index (χ2n) is 10.7. The van der Waals surface area contributed by atoms with E-state index in [1.807, 2.05) is 18.0 Å². The highest BCUT2D eigenvalue weighted by Gasteiger charge is 2.42. The number of alkyl halides is 4. The maximum absolute atomic E-state index is 15.7. The van der Waals surface area contributed by atoms with Crippen molar-refractivity contribution in [3.63, 3.8) is 0 Å². The lowest BCUT2D eigenvalue weighted by atomic mass is 9.82. The number of carbonyl (C=O) groups is 1. The Kier molecular flexibility index (Phi) is 8.67. The Hall–Kier alpha value is -4.45. The first-order valence-electron chi connectivity index (χ1n) is 13.8. The van der Waals surface area contributed by atoms with Crippen LogP contribution in [0, 0.1) is 0 Å². The average Bonchev–Trinajstić information content (AvgIpc) is 3.59. The molecule has 1 aliphatic heterocycles. The Balaban J connectivity index is 1.49. The second kappa shape index (κ2) is 12.4. The van der Waals surface area contributed by atoms with Gasteiger partial charge in [-0.15, -0.1) is 0 Å². The summed E-state index contributed by atoms with van der Waals surface area (Å²) < 4.78 is 63.5. The number of fused-ring (bicyclic) bond motifs is 1. The van der Waals surface area contributed by atoms with Gasteiger partial charge in [0.15, 0.2) is 5.82 Å². The van der Waals surface area contributed by atoms with Crippen molar-refractivity contribution in [2.24, 2.45) is 0 Å². The SMILES string of the molecule is C=C/C=C/C[C@]1(Nc2cccc3c2cc(-c2nc(CNC(=O)c4ccccc4)no2)n3CC(F)(F)F)CCN(C)C[C@@H]1F. The first kappa shape index (κ1) is 30.0. The van der Waals surface area contributed by atoms with Crippen molar-refractivity contribution < 1.29 is 26.9 Å². The lowest BCUT2D eigenvalue weighted by Gasteiger charge is -2.44. The van der Waals surface area contributed by atoms with E-state index in [0.29, 0.717) is 36.0 Å². The predicted molar refractivity (Wildman–Crippen MR) is 156 cm³/mol. The van der Waals surface area contributed by atoms with Crippen LogP contribution >= 0.6 is 0 Å². The van der Waals surface area contributed by atoms with E-state index in [9.17, 15) is 18.0 Å². The summed E-state index contributed by atoms with van der Waals surface area (Å²) in [6.45, 7) is 3.16. The largest absolute Gasteiger partial charge is 0.406 e. The molecule has 1 saturated heterocycles. The van der Waals surface area contributed by atoms with Crippen LogP contribution in [-0.4, -0.2) is 63.5 Å². The zero-order valence-corrected chi connectivity index (χ0v) is 23.6. The maximum atomic E-state index is 15.7. The lowest BCUT2D eigenvalue weighted by molar-refractivity contribution is -0.139. The van der Waals surface area contributed by atoms with Gasteiger partial charge in [-0.1, -0.05) is 54.2 Å². The van der Waals surface area contributed by atoms with E-state index in [1.165, 1.54) is 0 Å². The Bertz CT molecular complexity index is 1610. The molecular formula is C31H32F4N6O2. The number of piperidine rings is 1. The zero-order valence-electron chi connectivity index (χ0n) is 23.6. The van der Waals surface area contributed by atoms with Gasteiger partial charge < -0.3 is 24.6 Å². The number of nitrogens with zero attached hydrogens (tertiary/aromatic N) is 4. The first-order chi connectivity index (χ1) is 20.6. The van der Waals surface area contributed by atoms with E-state index in [1.54, 1.807) is 66.7 Å². The molecular weight excluding hydrogens is 564 g/mol. The Morgan fingerprint density at radius 2 is 2.00 bits per heavy atom. The smallest absolute Gasteiger partial charge is 0.376 e. The number of hydrogen-bond donors (Lipinski definition) is 2. The summed E-state index contributed by atoms with van der Waals surface area (Å²) in [5.41, 5.74) is 0.287. The molecule has 0 radical (unpaired) electrons. The van der Waals surface area contributed by atoms with Gasteiger partial charge in [0, 0.05) is 29.7 Å². The van der Waals surface area contributed by atoms with Crippen LogP contribution in [0.5, 0.6) is 0 Å². The van der Waals surface area contributed by atoms with Gasteiger partial charge in [0.1, 0.15) is 18.4 Å². The molecule has 2 N–H and O–H groups in total. The molecule has 2 aromatic heterocycles. The summed E-state index contributed by atoms with van der Waals surface area (Å²) in [6, 6.07) is 15.0. The van der Waals surface area contributed by atoms with Gasteiger partial charge in [0.25, 0.3) is 11.8 Å². The zero-order chi connectivity index (χ0) is 30.6. The van der Waals surface area contributed by atoms with Gasteiger partial charge in [0.2, 0.25) is 0 Å². The van der Waals surface area contributed by atoms with Crippen molar-refractivity contribution >= 4 is 22.5 Å². The molecule has 12 heteroatoms. The highest BCUT2D eigenvalue weighted by atomic mass is 19.4. The van der Waals surface area contributed by atoms with Crippen LogP contribution in [0.4, 0.5) is 23.2 Å². The average molecular weight is 597 g/mol. The third kappa shape index (κ3) is 6.80. The highest BCUT2D eigenvalue weighted by Crippen LogP contribution is 2.38. The van der Waals surface area contributed by atoms with Crippen LogP contribution in [0.2, 0.25) is 0 Å². The van der Waals surface area contributed by atoms with Gasteiger partial charge in [-0.25, -0.2) is 4.39 Å². The number of allylic oxidation sites excluding steroid dienone is 2. The van der Waals surface area contributed by atoms with Gasteiger partial charge in [-0.2, -0.15) is 18.2 Å². The van der Waals surface area contributed by atoms with Crippen LogP contribution in [-0.2, 0) is 13.1 Å². The van der Waals surface area contributed by atoms with Crippen molar-refractivity contribution in [2.45, 2.75) is 43.8 Å². The Morgan fingerprint density at radius 3 is 2.72 bits per heavy atom. The summed E-state index contributed by atoms with van der Waals surface area (Å²) in [5.74, 6) is -0.395. The fourth-order valence-electron chi connectivity index (χ4n) is 5.35. The number of anilines is 1. The van der Waals surface area contributed by atoms with E-state index >= 15 is 4.39 Å². The molecule has 0 unspecified atom stereocenters. The van der Waals surface area contributed by atoms with Crippen LogP contribution in [0.1, 0.15) is 29.0 Å². The molecule has 226 valence electrons. The molecule has 0 aliphatic carbocycles. The highest BCUT2D eigenvalue weighted by molar-refractivity contribution is 5.96. The number of rotatable bonds is 10. The van der Waals surface area contributed by atoms with Gasteiger partial charge in [-0.05, 0) is 50.2 Å². The standard InChI is InChI=1S/C31H32F4N6O2/c1-3-4-8-14-30(15-16-40(2)19-26(30)32)38-23-12-9-13-24-22(23)17-25(41(24)20-31(33,34)35)29-37-27(39-43-29)18-36-28(42)21-10-6-5-7-11-21/h3-13,17,26,38H,1,14-16,18-20H2,2H3,(H,36,42)/b8-4+/t26-,30-/m0/s1. The molecule has 1 aliphatic rings. The van der Waals surface area contributed by atoms with Crippen molar-refractivity contribution in [3.8, 4) is 11.6 Å². The fraction of sp³-hybridized carbons (Fsp3) is 0.323. The number of likely N-dealkylation sites (tertiary alicyclic amines) is 1. The molecule has 3 heterocycles. The fourth-order valence-corrected chi connectivity index (χ4v) is 5.35. The summed E-state index contributed by atoms with van der Waals surface area (Å²) in [4.78, 5) is 18.6. The number of amides is 1. The maximum Gasteiger partial charge on any atom is 0.406 e. The van der Waals surface area contributed by atoms with Crippen LogP contribution in [0.3, 0.4) is 0 Å². The third-order valence-electron chi connectivity index (χ3n) is 7.56. The summed E-state index contributed by atoms with van der Waals surface area (Å²) in [7, 11) is 1.85. The quantitative estimate of drug-likeness (QED) is 0.169. The predicted octanol–water partition coefficient (Wildman–Crippen LogP) is 6.14. The normalized spacial score (nSPS) is 19.6. The number of nitrogens with one attached hydrogen (secondary N) is 2. The van der Waals surface area contributed by atoms with Crippen LogP contribution < -0.4 is 10.6 Å². The van der Waals surface area contributed by atoms with Crippen molar-refractivity contribution in [1.82, 2.24) is 24.9 Å². The van der Waals surface area contributed by atoms with Crippen LogP contribution in [0.25, 0.3) is 22.5 Å². The van der Waals surface area contributed by atoms with E-state index < -0.39 is 24.4 Å². The van der Waals surface area contributed by atoms with Gasteiger partial charge in [-0.3, -0.25) is 4.79 Å². The molecule has 1 fully saturated rings. The molecule has 0 saturated carbocycles. The minimum atomic E-state index is -4.55. The lowest BCUT2D eigenvalue weighted by Crippen LogP contribution is -2.56. The van der Waals surface area contributed by atoms with Gasteiger partial charge in [0.05, 0.1) is 17.6 Å². The summed E-state index contributed by atoms with van der Waals surface area (Å²) >= 11 is 0. The monoisotopic (exact) mass is 596 g/mol. The molecule has 8 nitrogen and oxygen atoms in total. The topological polar surface area (TPSA) is 88.2 Å². The minimum absolute atomic E-state index is 0.0514. The number of hydrogen-bond acceptors (Lipinski definition) is 6.